The lowest BCUT2D eigenvalue weighted by Crippen LogP contribution is -2.30. The SMILES string of the molecule is CCN(CC)S(=O)(=O)c1ccc(C)c(NC(=O)COc2cccc3c2OC(C)(C)C3)c1. The van der Waals surface area contributed by atoms with Crippen molar-refractivity contribution in [3.8, 4) is 11.5 Å². The van der Waals surface area contributed by atoms with E-state index in [2.05, 4.69) is 5.32 Å². The van der Waals surface area contributed by atoms with Gasteiger partial charge in [-0.15, -0.1) is 0 Å². The number of carbonyl (C=O) groups excluding carboxylic acids is 1. The van der Waals surface area contributed by atoms with Gasteiger partial charge in [-0.2, -0.15) is 4.31 Å². The van der Waals surface area contributed by atoms with Crippen molar-refractivity contribution < 1.29 is 22.7 Å². The van der Waals surface area contributed by atoms with Crippen molar-refractivity contribution in [3.05, 3.63) is 47.5 Å². The Labute approximate surface area is 184 Å². The maximum Gasteiger partial charge on any atom is 0.262 e. The van der Waals surface area contributed by atoms with E-state index < -0.39 is 10.0 Å². The van der Waals surface area contributed by atoms with Gasteiger partial charge in [-0.25, -0.2) is 8.42 Å². The minimum atomic E-state index is -3.62. The van der Waals surface area contributed by atoms with Crippen LogP contribution >= 0.6 is 0 Å². The molecular formula is C23H30N2O5S. The van der Waals surface area contributed by atoms with Gasteiger partial charge in [0.2, 0.25) is 10.0 Å². The number of nitrogens with zero attached hydrogens (tertiary/aromatic N) is 1. The standard InChI is InChI=1S/C23H30N2O5S/c1-6-25(7-2)31(27,28)18-12-11-16(3)19(13-18)24-21(26)15-29-20-10-8-9-17-14-23(4,5)30-22(17)20/h8-13H,6-7,14-15H2,1-5H3,(H,24,26). The summed E-state index contributed by atoms with van der Waals surface area (Å²) in [4.78, 5) is 12.7. The molecule has 0 fully saturated rings. The number of aryl methyl sites for hydroxylation is 1. The summed E-state index contributed by atoms with van der Waals surface area (Å²) >= 11 is 0. The first-order valence-electron chi connectivity index (χ1n) is 10.4. The van der Waals surface area contributed by atoms with Crippen molar-refractivity contribution in [2.75, 3.05) is 25.0 Å². The number of para-hydroxylation sites is 1. The maximum atomic E-state index is 12.8. The lowest BCUT2D eigenvalue weighted by molar-refractivity contribution is -0.118. The van der Waals surface area contributed by atoms with Crippen molar-refractivity contribution >= 4 is 21.6 Å². The summed E-state index contributed by atoms with van der Waals surface area (Å²) in [7, 11) is -3.62. The molecule has 31 heavy (non-hydrogen) atoms. The molecule has 0 saturated carbocycles. The molecule has 1 aliphatic heterocycles. The highest BCUT2D eigenvalue weighted by molar-refractivity contribution is 7.89. The monoisotopic (exact) mass is 446 g/mol. The number of hydrogen-bond donors (Lipinski definition) is 1. The van der Waals surface area contributed by atoms with Crippen LogP contribution in [0.25, 0.3) is 0 Å². The van der Waals surface area contributed by atoms with Crippen molar-refractivity contribution in [2.24, 2.45) is 0 Å². The summed E-state index contributed by atoms with van der Waals surface area (Å²) in [5.41, 5.74) is 1.95. The molecule has 1 N–H and O–H groups in total. The number of ether oxygens (including phenoxy) is 2. The molecule has 1 amide bonds. The Morgan fingerprint density at radius 1 is 1.19 bits per heavy atom. The first-order valence-corrected chi connectivity index (χ1v) is 11.9. The van der Waals surface area contributed by atoms with Gasteiger partial charge in [0.15, 0.2) is 18.1 Å². The van der Waals surface area contributed by atoms with E-state index in [1.807, 2.05) is 32.9 Å². The molecule has 3 rings (SSSR count). The number of nitrogens with one attached hydrogen (secondary N) is 1. The van der Waals surface area contributed by atoms with E-state index in [4.69, 9.17) is 9.47 Å². The number of sulfonamides is 1. The number of hydrogen-bond acceptors (Lipinski definition) is 5. The molecule has 0 aromatic heterocycles. The molecule has 8 heteroatoms. The Kier molecular flexibility index (Phi) is 6.62. The summed E-state index contributed by atoms with van der Waals surface area (Å²) < 4.78 is 38.6. The van der Waals surface area contributed by atoms with Crippen molar-refractivity contribution in [1.82, 2.24) is 4.31 Å². The van der Waals surface area contributed by atoms with Gasteiger partial charge < -0.3 is 14.8 Å². The van der Waals surface area contributed by atoms with Gasteiger partial charge in [0.25, 0.3) is 5.91 Å². The zero-order valence-electron chi connectivity index (χ0n) is 18.7. The normalized spacial score (nSPS) is 14.8. The third kappa shape index (κ3) is 5.02. The average molecular weight is 447 g/mol. The van der Waals surface area contributed by atoms with Gasteiger partial charge in [-0.3, -0.25) is 4.79 Å². The molecule has 168 valence electrons. The average Bonchev–Trinajstić information content (AvgIpc) is 3.03. The Bertz CT molecular complexity index is 1080. The lowest BCUT2D eigenvalue weighted by Gasteiger charge is -2.19. The predicted molar refractivity (Wildman–Crippen MR) is 120 cm³/mol. The number of fused-ring (bicyclic) bond motifs is 1. The molecule has 0 saturated heterocycles. The van der Waals surface area contributed by atoms with E-state index in [0.29, 0.717) is 30.3 Å². The van der Waals surface area contributed by atoms with E-state index in [1.165, 1.54) is 10.4 Å². The minimum Gasteiger partial charge on any atom is -0.483 e. The van der Waals surface area contributed by atoms with Crippen molar-refractivity contribution in [2.45, 2.75) is 51.5 Å². The third-order valence-corrected chi connectivity index (χ3v) is 7.29. The number of amides is 1. The van der Waals surface area contributed by atoms with Gasteiger partial charge in [0, 0.05) is 30.8 Å². The van der Waals surface area contributed by atoms with E-state index >= 15 is 0 Å². The van der Waals surface area contributed by atoms with Gasteiger partial charge in [-0.1, -0.05) is 32.0 Å². The molecule has 0 unspecified atom stereocenters. The molecular weight excluding hydrogens is 416 g/mol. The Balaban J connectivity index is 1.72. The fourth-order valence-corrected chi connectivity index (χ4v) is 5.12. The van der Waals surface area contributed by atoms with E-state index in [9.17, 15) is 13.2 Å². The number of rotatable bonds is 8. The summed E-state index contributed by atoms with van der Waals surface area (Å²) in [6, 6.07) is 10.4. The first-order chi connectivity index (χ1) is 14.6. The molecule has 0 atom stereocenters. The third-order valence-electron chi connectivity index (χ3n) is 5.24. The molecule has 0 spiro atoms. The topological polar surface area (TPSA) is 84.9 Å². The first kappa shape index (κ1) is 23.1. The second kappa shape index (κ2) is 8.88. The molecule has 0 aliphatic carbocycles. The quantitative estimate of drug-likeness (QED) is 0.667. The molecule has 2 aromatic carbocycles. The Morgan fingerprint density at radius 2 is 1.90 bits per heavy atom. The second-order valence-electron chi connectivity index (χ2n) is 8.19. The Morgan fingerprint density at radius 3 is 2.58 bits per heavy atom. The molecule has 7 nitrogen and oxygen atoms in total. The highest BCUT2D eigenvalue weighted by Gasteiger charge is 2.32. The summed E-state index contributed by atoms with van der Waals surface area (Å²) in [5.74, 6) is 0.812. The van der Waals surface area contributed by atoms with Crippen molar-refractivity contribution in [1.29, 1.82) is 0 Å². The van der Waals surface area contributed by atoms with Crippen LogP contribution in [0.1, 0.15) is 38.8 Å². The molecule has 1 aliphatic rings. The van der Waals surface area contributed by atoms with Crippen LogP contribution in [0.5, 0.6) is 11.5 Å². The van der Waals surface area contributed by atoms with Crippen molar-refractivity contribution in [3.63, 3.8) is 0 Å². The van der Waals surface area contributed by atoms with Crippen LogP contribution in [0.15, 0.2) is 41.3 Å². The van der Waals surface area contributed by atoms with Crippen LogP contribution in [0, 0.1) is 6.92 Å². The van der Waals surface area contributed by atoms with E-state index in [0.717, 1.165) is 17.5 Å². The van der Waals surface area contributed by atoms with Crippen LogP contribution in [-0.4, -0.2) is 43.9 Å². The highest BCUT2D eigenvalue weighted by Crippen LogP contribution is 2.41. The molecule has 1 heterocycles. The van der Waals surface area contributed by atoms with E-state index in [1.54, 1.807) is 32.0 Å². The van der Waals surface area contributed by atoms with Gasteiger partial charge in [0.05, 0.1) is 4.90 Å². The van der Waals surface area contributed by atoms with Crippen LogP contribution in [0.2, 0.25) is 0 Å². The number of carbonyl (C=O) groups is 1. The van der Waals surface area contributed by atoms with Gasteiger partial charge >= 0.3 is 0 Å². The van der Waals surface area contributed by atoms with Gasteiger partial charge in [-0.05, 0) is 44.5 Å². The fourth-order valence-electron chi connectivity index (χ4n) is 3.64. The second-order valence-corrected chi connectivity index (χ2v) is 10.1. The summed E-state index contributed by atoms with van der Waals surface area (Å²) in [6.07, 6.45) is 0.777. The maximum absolute atomic E-state index is 12.8. The van der Waals surface area contributed by atoms with Crippen LogP contribution in [-0.2, 0) is 21.2 Å². The number of anilines is 1. The fraction of sp³-hybridized carbons (Fsp3) is 0.435. The van der Waals surface area contributed by atoms with Gasteiger partial charge in [0.1, 0.15) is 5.60 Å². The predicted octanol–water partition coefficient (Wildman–Crippen LogP) is 3.76. The Hall–Kier alpha value is -2.58. The number of benzene rings is 2. The molecule has 0 bridgehead atoms. The van der Waals surface area contributed by atoms with Crippen LogP contribution in [0.3, 0.4) is 0 Å². The zero-order valence-corrected chi connectivity index (χ0v) is 19.5. The highest BCUT2D eigenvalue weighted by atomic mass is 32.2. The molecule has 2 aromatic rings. The minimum absolute atomic E-state index is 0.148. The van der Waals surface area contributed by atoms with Crippen LogP contribution in [0.4, 0.5) is 5.69 Å². The molecule has 0 radical (unpaired) electrons. The van der Waals surface area contributed by atoms with E-state index in [-0.39, 0.29) is 23.0 Å². The lowest BCUT2D eigenvalue weighted by atomic mass is 10.0. The largest absolute Gasteiger partial charge is 0.483 e. The summed E-state index contributed by atoms with van der Waals surface area (Å²) in [6.45, 7) is 9.94. The zero-order chi connectivity index (χ0) is 22.8. The summed E-state index contributed by atoms with van der Waals surface area (Å²) in [5, 5.41) is 2.76. The smallest absolute Gasteiger partial charge is 0.262 e. The van der Waals surface area contributed by atoms with Crippen LogP contribution < -0.4 is 14.8 Å².